The summed E-state index contributed by atoms with van der Waals surface area (Å²) in [6.07, 6.45) is 4.26. The van der Waals surface area contributed by atoms with Crippen LogP contribution in [0.2, 0.25) is 0 Å². The number of nitro benzene ring substituents is 1. The van der Waals surface area contributed by atoms with Crippen molar-refractivity contribution in [1.82, 2.24) is 19.9 Å². The first-order valence-corrected chi connectivity index (χ1v) is 9.31. The second-order valence-electron chi connectivity index (χ2n) is 6.84. The molecule has 3 rings (SSSR count). The summed E-state index contributed by atoms with van der Waals surface area (Å²) in [6, 6.07) is 8.97. The molecule has 0 aliphatic heterocycles. The summed E-state index contributed by atoms with van der Waals surface area (Å²) in [7, 11) is 4.01. The highest BCUT2D eigenvalue weighted by Crippen LogP contribution is 2.26. The standard InChI is InChI=1S/C20H22FN7O2/c1-27(2)10-4-9-23-20-25-17(14-5-3-8-22-13-14)12-19(26-20)24-15-6-7-16(21)18(11-15)28(29)30/h3,5-8,11-13H,4,9-10H2,1-2H3,(H2,23,24,25,26). The van der Waals surface area contributed by atoms with Crippen molar-refractivity contribution in [1.29, 1.82) is 0 Å². The molecule has 156 valence electrons. The molecule has 0 amide bonds. The summed E-state index contributed by atoms with van der Waals surface area (Å²) < 4.78 is 13.6. The smallest absolute Gasteiger partial charge is 0.306 e. The molecule has 0 aliphatic carbocycles. The van der Waals surface area contributed by atoms with Crippen LogP contribution >= 0.6 is 0 Å². The molecule has 0 atom stereocenters. The van der Waals surface area contributed by atoms with E-state index in [0.29, 0.717) is 29.7 Å². The van der Waals surface area contributed by atoms with Crippen LogP contribution in [0.3, 0.4) is 0 Å². The molecule has 0 bridgehead atoms. The number of aromatic nitrogens is 3. The molecule has 1 aromatic carbocycles. The monoisotopic (exact) mass is 411 g/mol. The van der Waals surface area contributed by atoms with Crippen molar-refractivity contribution < 1.29 is 9.31 Å². The van der Waals surface area contributed by atoms with Crippen LogP contribution in [0.4, 0.5) is 27.5 Å². The van der Waals surface area contributed by atoms with Crippen LogP contribution in [-0.4, -0.2) is 52.0 Å². The normalized spacial score (nSPS) is 10.8. The van der Waals surface area contributed by atoms with Crippen molar-refractivity contribution in [2.45, 2.75) is 6.42 Å². The molecule has 9 nitrogen and oxygen atoms in total. The zero-order chi connectivity index (χ0) is 21.5. The van der Waals surface area contributed by atoms with Crippen LogP contribution in [0.5, 0.6) is 0 Å². The van der Waals surface area contributed by atoms with Gasteiger partial charge in [0.25, 0.3) is 0 Å². The van der Waals surface area contributed by atoms with E-state index >= 15 is 0 Å². The molecule has 10 heteroatoms. The quantitative estimate of drug-likeness (QED) is 0.312. The summed E-state index contributed by atoms with van der Waals surface area (Å²) in [6.45, 7) is 1.59. The molecule has 0 saturated carbocycles. The Labute approximate surface area is 173 Å². The third kappa shape index (κ3) is 5.67. The number of nitrogens with one attached hydrogen (secondary N) is 2. The predicted octanol–water partition coefficient (Wildman–Crippen LogP) is 3.69. The average molecular weight is 411 g/mol. The first kappa shape index (κ1) is 21.1. The Morgan fingerprint density at radius 2 is 2.03 bits per heavy atom. The minimum Gasteiger partial charge on any atom is -0.354 e. The van der Waals surface area contributed by atoms with Gasteiger partial charge in [-0.2, -0.15) is 9.37 Å². The number of anilines is 3. The first-order chi connectivity index (χ1) is 14.4. The van der Waals surface area contributed by atoms with Gasteiger partial charge in [-0.05, 0) is 51.3 Å². The highest BCUT2D eigenvalue weighted by molar-refractivity contribution is 5.67. The second-order valence-corrected chi connectivity index (χ2v) is 6.84. The number of hydrogen-bond acceptors (Lipinski definition) is 8. The second kappa shape index (κ2) is 9.70. The number of halogens is 1. The van der Waals surface area contributed by atoms with E-state index in [2.05, 4.69) is 30.5 Å². The van der Waals surface area contributed by atoms with E-state index < -0.39 is 16.4 Å². The fourth-order valence-electron chi connectivity index (χ4n) is 2.73. The van der Waals surface area contributed by atoms with Gasteiger partial charge in [0.1, 0.15) is 5.82 Å². The molecule has 2 heterocycles. The van der Waals surface area contributed by atoms with Gasteiger partial charge in [0.2, 0.25) is 11.8 Å². The third-order valence-electron chi connectivity index (χ3n) is 4.16. The van der Waals surface area contributed by atoms with Crippen molar-refractivity contribution in [3.63, 3.8) is 0 Å². The van der Waals surface area contributed by atoms with E-state index in [4.69, 9.17) is 0 Å². The lowest BCUT2D eigenvalue weighted by atomic mass is 10.2. The summed E-state index contributed by atoms with van der Waals surface area (Å²) in [5.41, 5.74) is 1.16. The highest BCUT2D eigenvalue weighted by Gasteiger charge is 2.15. The Morgan fingerprint density at radius 1 is 1.20 bits per heavy atom. The van der Waals surface area contributed by atoms with Crippen LogP contribution in [0.15, 0.2) is 48.8 Å². The number of rotatable bonds is 9. The molecule has 0 unspecified atom stereocenters. The fraction of sp³-hybridized carbons (Fsp3) is 0.250. The van der Waals surface area contributed by atoms with E-state index in [1.807, 2.05) is 20.2 Å². The van der Waals surface area contributed by atoms with Crippen molar-refractivity contribution >= 4 is 23.1 Å². The van der Waals surface area contributed by atoms with E-state index in [0.717, 1.165) is 30.7 Å². The Hall–Kier alpha value is -3.66. The Bertz CT molecular complexity index is 1020. The average Bonchev–Trinajstić information content (AvgIpc) is 2.73. The molecule has 2 N–H and O–H groups in total. The summed E-state index contributed by atoms with van der Waals surface area (Å²) in [4.78, 5) is 25.4. The van der Waals surface area contributed by atoms with Crippen LogP contribution < -0.4 is 10.6 Å². The molecule has 0 spiro atoms. The zero-order valence-corrected chi connectivity index (χ0v) is 16.7. The molecule has 0 saturated heterocycles. The summed E-state index contributed by atoms with van der Waals surface area (Å²) in [5.74, 6) is -0.0679. The summed E-state index contributed by atoms with van der Waals surface area (Å²) in [5, 5.41) is 17.2. The van der Waals surface area contributed by atoms with Crippen LogP contribution in [0, 0.1) is 15.9 Å². The number of benzene rings is 1. The van der Waals surface area contributed by atoms with Gasteiger partial charge in [-0.1, -0.05) is 0 Å². The van der Waals surface area contributed by atoms with Gasteiger partial charge in [-0.3, -0.25) is 15.1 Å². The maximum atomic E-state index is 13.6. The van der Waals surface area contributed by atoms with Gasteiger partial charge < -0.3 is 15.5 Å². The molecule has 3 aromatic rings. The number of nitro groups is 1. The molecule has 30 heavy (non-hydrogen) atoms. The van der Waals surface area contributed by atoms with Gasteiger partial charge >= 0.3 is 5.69 Å². The molecular weight excluding hydrogens is 389 g/mol. The van der Waals surface area contributed by atoms with Crippen LogP contribution in [0.1, 0.15) is 6.42 Å². The van der Waals surface area contributed by atoms with E-state index in [1.54, 1.807) is 24.5 Å². The topological polar surface area (TPSA) is 109 Å². The lowest BCUT2D eigenvalue weighted by molar-refractivity contribution is -0.387. The number of pyridine rings is 1. The Balaban J connectivity index is 1.88. The lowest BCUT2D eigenvalue weighted by Crippen LogP contribution is -2.17. The van der Waals surface area contributed by atoms with E-state index in [9.17, 15) is 14.5 Å². The molecule has 0 aliphatic rings. The van der Waals surface area contributed by atoms with Crippen LogP contribution in [0.25, 0.3) is 11.3 Å². The van der Waals surface area contributed by atoms with Gasteiger partial charge in [0.15, 0.2) is 0 Å². The van der Waals surface area contributed by atoms with Gasteiger partial charge in [0, 0.05) is 42.3 Å². The Morgan fingerprint density at radius 3 is 2.73 bits per heavy atom. The molecule has 2 aromatic heterocycles. The third-order valence-corrected chi connectivity index (χ3v) is 4.16. The maximum absolute atomic E-state index is 13.6. The van der Waals surface area contributed by atoms with E-state index in [-0.39, 0.29) is 0 Å². The SMILES string of the molecule is CN(C)CCCNc1nc(Nc2ccc(F)c([N+](=O)[O-])c2)cc(-c2cccnc2)n1. The van der Waals surface area contributed by atoms with Gasteiger partial charge in [-0.15, -0.1) is 0 Å². The molecular formula is C20H22FN7O2. The van der Waals surface area contributed by atoms with Crippen molar-refractivity contribution in [3.05, 3.63) is 64.7 Å². The van der Waals surface area contributed by atoms with Gasteiger partial charge in [0.05, 0.1) is 10.6 Å². The fourth-order valence-corrected chi connectivity index (χ4v) is 2.73. The first-order valence-electron chi connectivity index (χ1n) is 9.31. The minimum atomic E-state index is -0.896. The van der Waals surface area contributed by atoms with Crippen molar-refractivity contribution in [2.24, 2.45) is 0 Å². The number of nitrogens with zero attached hydrogens (tertiary/aromatic N) is 5. The van der Waals surface area contributed by atoms with E-state index in [1.165, 1.54) is 6.07 Å². The number of hydrogen-bond donors (Lipinski definition) is 2. The molecule has 0 fully saturated rings. The predicted molar refractivity (Wildman–Crippen MR) is 113 cm³/mol. The van der Waals surface area contributed by atoms with Crippen molar-refractivity contribution in [2.75, 3.05) is 37.8 Å². The highest BCUT2D eigenvalue weighted by atomic mass is 19.1. The zero-order valence-electron chi connectivity index (χ0n) is 16.7. The van der Waals surface area contributed by atoms with Crippen LogP contribution in [-0.2, 0) is 0 Å². The maximum Gasteiger partial charge on any atom is 0.306 e. The minimum absolute atomic E-state index is 0.345. The molecule has 0 radical (unpaired) electrons. The largest absolute Gasteiger partial charge is 0.354 e. The summed E-state index contributed by atoms with van der Waals surface area (Å²) >= 11 is 0. The Kier molecular flexibility index (Phi) is 6.81. The van der Waals surface area contributed by atoms with Gasteiger partial charge in [-0.25, -0.2) is 4.98 Å². The lowest BCUT2D eigenvalue weighted by Gasteiger charge is -2.13. The van der Waals surface area contributed by atoms with Crippen molar-refractivity contribution in [3.8, 4) is 11.3 Å².